The molecule has 1 rings (SSSR count). The van der Waals surface area contributed by atoms with E-state index < -0.39 is 0 Å². The van der Waals surface area contributed by atoms with E-state index in [0.717, 1.165) is 25.3 Å². The van der Waals surface area contributed by atoms with E-state index in [0.29, 0.717) is 12.6 Å². The van der Waals surface area contributed by atoms with Gasteiger partial charge in [0.1, 0.15) is 5.82 Å². The third kappa shape index (κ3) is 4.63. The van der Waals surface area contributed by atoms with Crippen LogP contribution in [0.25, 0.3) is 0 Å². The second-order valence-corrected chi connectivity index (χ2v) is 4.54. The lowest BCUT2D eigenvalue weighted by Gasteiger charge is -2.19. The third-order valence-electron chi connectivity index (χ3n) is 2.99. The van der Waals surface area contributed by atoms with Crippen LogP contribution in [0.3, 0.4) is 0 Å². The molecule has 1 heterocycles. The van der Waals surface area contributed by atoms with Gasteiger partial charge in [-0.15, -0.1) is 0 Å². The first-order chi connectivity index (χ1) is 8.69. The van der Waals surface area contributed by atoms with Gasteiger partial charge in [-0.3, -0.25) is 0 Å². The molecule has 0 amide bonds. The molecular weight excluding hydrogens is 226 g/mol. The molecule has 18 heavy (non-hydrogen) atoms. The minimum absolute atomic E-state index is 0.357. The van der Waals surface area contributed by atoms with E-state index in [-0.39, 0.29) is 0 Å². The van der Waals surface area contributed by atoms with Crippen molar-refractivity contribution in [2.75, 3.05) is 38.8 Å². The zero-order valence-corrected chi connectivity index (χ0v) is 11.9. The highest BCUT2D eigenvalue weighted by Gasteiger charge is 2.06. The number of nitrogens with one attached hydrogen (secondary N) is 1. The van der Waals surface area contributed by atoms with Gasteiger partial charge < -0.3 is 15.0 Å². The zero-order chi connectivity index (χ0) is 13.4. The Morgan fingerprint density at radius 3 is 2.78 bits per heavy atom. The Bertz CT molecular complexity index is 293. The molecule has 1 atom stereocenters. The van der Waals surface area contributed by atoms with E-state index in [1.807, 2.05) is 13.2 Å². The molecule has 4 heteroatoms. The quantitative estimate of drug-likeness (QED) is 0.769. The lowest BCUT2D eigenvalue weighted by Crippen LogP contribution is -2.23. The summed E-state index contributed by atoms with van der Waals surface area (Å²) in [6.07, 6.45) is 3.10. The summed E-state index contributed by atoms with van der Waals surface area (Å²) < 4.78 is 5.06. The van der Waals surface area contributed by atoms with Crippen molar-refractivity contribution >= 4 is 5.82 Å². The van der Waals surface area contributed by atoms with Gasteiger partial charge in [-0.25, -0.2) is 4.98 Å². The molecule has 4 nitrogen and oxygen atoms in total. The normalized spacial score (nSPS) is 12.4. The number of hydrogen-bond acceptors (Lipinski definition) is 4. The Kier molecular flexibility index (Phi) is 6.68. The standard InChI is InChI=1S/C14H25N3O/c1-5-8-15-12(2)13-6-7-14(16-11-13)17(3)9-10-18-4/h6-7,11-12,15H,5,8-10H2,1-4H3. The highest BCUT2D eigenvalue weighted by Crippen LogP contribution is 2.15. The van der Waals surface area contributed by atoms with Gasteiger partial charge >= 0.3 is 0 Å². The Morgan fingerprint density at radius 2 is 2.22 bits per heavy atom. The van der Waals surface area contributed by atoms with Crippen LogP contribution in [0, 0.1) is 0 Å². The maximum absolute atomic E-state index is 5.06. The van der Waals surface area contributed by atoms with Gasteiger partial charge in [-0.05, 0) is 31.5 Å². The molecule has 1 aromatic heterocycles. The van der Waals surface area contributed by atoms with Crippen molar-refractivity contribution in [3.05, 3.63) is 23.9 Å². The largest absolute Gasteiger partial charge is 0.383 e. The molecule has 0 aromatic carbocycles. The number of rotatable bonds is 8. The maximum Gasteiger partial charge on any atom is 0.128 e. The average molecular weight is 251 g/mol. The van der Waals surface area contributed by atoms with Gasteiger partial charge in [0.2, 0.25) is 0 Å². The van der Waals surface area contributed by atoms with Crippen LogP contribution in [0.1, 0.15) is 31.9 Å². The number of anilines is 1. The van der Waals surface area contributed by atoms with E-state index in [9.17, 15) is 0 Å². The van der Waals surface area contributed by atoms with Crippen LogP contribution in [0.4, 0.5) is 5.82 Å². The molecule has 1 aromatic rings. The average Bonchev–Trinajstić information content (AvgIpc) is 2.42. The van der Waals surface area contributed by atoms with Crippen molar-refractivity contribution in [3.8, 4) is 0 Å². The molecule has 0 spiro atoms. The van der Waals surface area contributed by atoms with Crippen LogP contribution in [-0.4, -0.2) is 38.8 Å². The SMILES string of the molecule is CCCNC(C)c1ccc(N(C)CCOC)nc1. The number of hydrogen-bond donors (Lipinski definition) is 1. The number of likely N-dealkylation sites (N-methyl/N-ethyl adjacent to an activating group) is 1. The van der Waals surface area contributed by atoms with Gasteiger partial charge in [-0.1, -0.05) is 13.0 Å². The summed E-state index contributed by atoms with van der Waals surface area (Å²) in [5, 5.41) is 3.46. The van der Waals surface area contributed by atoms with E-state index >= 15 is 0 Å². The number of methoxy groups -OCH3 is 1. The first kappa shape index (κ1) is 14.9. The highest BCUT2D eigenvalue weighted by atomic mass is 16.5. The second-order valence-electron chi connectivity index (χ2n) is 4.54. The van der Waals surface area contributed by atoms with Crippen molar-refractivity contribution in [3.63, 3.8) is 0 Å². The van der Waals surface area contributed by atoms with Gasteiger partial charge in [0, 0.05) is 32.9 Å². The summed E-state index contributed by atoms with van der Waals surface area (Å²) in [6, 6.07) is 4.56. The number of pyridine rings is 1. The maximum atomic E-state index is 5.06. The Labute approximate surface area is 110 Å². The van der Waals surface area contributed by atoms with Gasteiger partial charge in [0.15, 0.2) is 0 Å². The fraction of sp³-hybridized carbons (Fsp3) is 0.643. The molecule has 0 radical (unpaired) electrons. The molecule has 0 aliphatic carbocycles. The van der Waals surface area contributed by atoms with Gasteiger partial charge in [0.05, 0.1) is 6.61 Å². The Morgan fingerprint density at radius 1 is 1.44 bits per heavy atom. The van der Waals surface area contributed by atoms with Crippen LogP contribution < -0.4 is 10.2 Å². The van der Waals surface area contributed by atoms with Crippen molar-refractivity contribution < 1.29 is 4.74 Å². The van der Waals surface area contributed by atoms with Crippen LogP contribution >= 0.6 is 0 Å². The molecule has 102 valence electrons. The van der Waals surface area contributed by atoms with Crippen molar-refractivity contribution in [1.29, 1.82) is 0 Å². The first-order valence-corrected chi connectivity index (χ1v) is 6.58. The molecule has 0 bridgehead atoms. The molecule has 0 saturated carbocycles. The monoisotopic (exact) mass is 251 g/mol. The topological polar surface area (TPSA) is 37.4 Å². The molecular formula is C14H25N3O. The lowest BCUT2D eigenvalue weighted by atomic mass is 10.1. The number of aromatic nitrogens is 1. The molecule has 1 unspecified atom stereocenters. The predicted molar refractivity (Wildman–Crippen MR) is 76.1 cm³/mol. The fourth-order valence-corrected chi connectivity index (χ4v) is 1.70. The fourth-order valence-electron chi connectivity index (χ4n) is 1.70. The van der Waals surface area contributed by atoms with Gasteiger partial charge in [-0.2, -0.15) is 0 Å². The van der Waals surface area contributed by atoms with Crippen LogP contribution in [0.5, 0.6) is 0 Å². The molecule has 0 aliphatic heterocycles. The molecule has 0 saturated heterocycles. The third-order valence-corrected chi connectivity index (χ3v) is 2.99. The lowest BCUT2D eigenvalue weighted by molar-refractivity contribution is 0.206. The summed E-state index contributed by atoms with van der Waals surface area (Å²) in [6.45, 7) is 6.95. The smallest absolute Gasteiger partial charge is 0.128 e. The van der Waals surface area contributed by atoms with E-state index in [1.165, 1.54) is 5.56 Å². The number of ether oxygens (including phenoxy) is 1. The van der Waals surface area contributed by atoms with E-state index in [4.69, 9.17) is 4.74 Å². The van der Waals surface area contributed by atoms with E-state index in [1.54, 1.807) is 7.11 Å². The summed E-state index contributed by atoms with van der Waals surface area (Å²) in [4.78, 5) is 6.59. The summed E-state index contributed by atoms with van der Waals surface area (Å²) in [5.41, 5.74) is 1.23. The summed E-state index contributed by atoms with van der Waals surface area (Å²) in [7, 11) is 3.74. The highest BCUT2D eigenvalue weighted by molar-refractivity contribution is 5.38. The van der Waals surface area contributed by atoms with Crippen LogP contribution in [0.2, 0.25) is 0 Å². The van der Waals surface area contributed by atoms with Crippen LogP contribution in [-0.2, 0) is 4.74 Å². The van der Waals surface area contributed by atoms with Crippen molar-refractivity contribution in [1.82, 2.24) is 10.3 Å². The zero-order valence-electron chi connectivity index (χ0n) is 11.9. The first-order valence-electron chi connectivity index (χ1n) is 6.58. The minimum Gasteiger partial charge on any atom is -0.383 e. The molecule has 0 fully saturated rings. The van der Waals surface area contributed by atoms with Crippen molar-refractivity contribution in [2.24, 2.45) is 0 Å². The Balaban J connectivity index is 2.56. The predicted octanol–water partition coefficient (Wildman–Crippen LogP) is 2.22. The molecule has 1 N–H and O–H groups in total. The molecule has 0 aliphatic rings. The summed E-state index contributed by atoms with van der Waals surface area (Å²) in [5.74, 6) is 0.985. The minimum atomic E-state index is 0.357. The second kappa shape index (κ2) is 8.06. The summed E-state index contributed by atoms with van der Waals surface area (Å²) >= 11 is 0. The van der Waals surface area contributed by atoms with E-state index in [2.05, 4.69) is 41.2 Å². The van der Waals surface area contributed by atoms with Crippen molar-refractivity contribution in [2.45, 2.75) is 26.3 Å². The van der Waals surface area contributed by atoms with Crippen LogP contribution in [0.15, 0.2) is 18.3 Å². The van der Waals surface area contributed by atoms with Gasteiger partial charge in [0.25, 0.3) is 0 Å². The Hall–Kier alpha value is -1.13. The number of nitrogens with zero attached hydrogens (tertiary/aromatic N) is 2.